The minimum Gasteiger partial charge on any atom is -0.355 e. The smallest absolute Gasteiger partial charge is 0.224 e. The van der Waals surface area contributed by atoms with Gasteiger partial charge in [0.05, 0.1) is 12.2 Å². The molecule has 128 valence electrons. The molecule has 2 fully saturated rings. The zero-order valence-corrected chi connectivity index (χ0v) is 15.1. The molecular formula is C15H28N2O3S2. The van der Waals surface area contributed by atoms with Gasteiger partial charge < -0.3 is 5.32 Å². The lowest BCUT2D eigenvalue weighted by Gasteiger charge is -2.30. The Balaban J connectivity index is 1.66. The highest BCUT2D eigenvalue weighted by Crippen LogP contribution is 2.27. The predicted octanol–water partition coefficient (Wildman–Crippen LogP) is 1.84. The summed E-state index contributed by atoms with van der Waals surface area (Å²) in [5.74, 6) is 0.777. The summed E-state index contributed by atoms with van der Waals surface area (Å²) in [6.45, 7) is 1.57. The normalized spacial score (nSPS) is 25.0. The van der Waals surface area contributed by atoms with Crippen molar-refractivity contribution in [3.8, 4) is 0 Å². The quantitative estimate of drug-likeness (QED) is 0.744. The molecule has 1 saturated carbocycles. The van der Waals surface area contributed by atoms with Gasteiger partial charge in [-0.2, -0.15) is 11.8 Å². The monoisotopic (exact) mass is 348 g/mol. The maximum absolute atomic E-state index is 12.2. The number of hydrogen-bond donors (Lipinski definition) is 1. The molecule has 1 saturated heterocycles. The van der Waals surface area contributed by atoms with E-state index in [9.17, 15) is 13.2 Å². The molecule has 0 radical (unpaired) electrons. The zero-order chi connectivity index (χ0) is 16.0. The lowest BCUT2D eigenvalue weighted by atomic mass is 9.99. The first kappa shape index (κ1) is 18.1. The van der Waals surface area contributed by atoms with E-state index in [0.717, 1.165) is 23.8 Å². The standard InChI is InChI=1S/C15H28N2O3S2/c1-22(19,20)17-10-5-6-13(12-17)15(18)16-9-11-21-14-7-3-2-4-8-14/h13-14H,2-12H2,1H3,(H,16,18). The molecule has 1 unspecified atom stereocenters. The van der Waals surface area contributed by atoms with Gasteiger partial charge in [-0.25, -0.2) is 12.7 Å². The Labute approximate surface area is 138 Å². The van der Waals surface area contributed by atoms with Crippen molar-refractivity contribution in [3.63, 3.8) is 0 Å². The van der Waals surface area contributed by atoms with Crippen LogP contribution in [0.5, 0.6) is 0 Å². The van der Waals surface area contributed by atoms with E-state index in [1.807, 2.05) is 11.8 Å². The van der Waals surface area contributed by atoms with E-state index < -0.39 is 10.0 Å². The number of thioether (sulfide) groups is 1. The molecule has 5 nitrogen and oxygen atoms in total. The minimum atomic E-state index is -3.18. The second kappa shape index (κ2) is 8.55. The summed E-state index contributed by atoms with van der Waals surface area (Å²) >= 11 is 1.97. The highest BCUT2D eigenvalue weighted by molar-refractivity contribution is 7.99. The Bertz CT molecular complexity index is 461. The maximum atomic E-state index is 12.2. The van der Waals surface area contributed by atoms with Gasteiger partial charge in [-0.05, 0) is 25.7 Å². The van der Waals surface area contributed by atoms with Crippen molar-refractivity contribution in [2.75, 3.05) is 31.6 Å². The topological polar surface area (TPSA) is 66.5 Å². The third-order valence-corrected chi connectivity index (χ3v) is 7.18. The van der Waals surface area contributed by atoms with Crippen molar-refractivity contribution >= 4 is 27.7 Å². The van der Waals surface area contributed by atoms with Crippen molar-refractivity contribution in [2.45, 2.75) is 50.2 Å². The molecule has 7 heteroatoms. The van der Waals surface area contributed by atoms with Crippen molar-refractivity contribution in [2.24, 2.45) is 5.92 Å². The van der Waals surface area contributed by atoms with Gasteiger partial charge in [0.2, 0.25) is 15.9 Å². The van der Waals surface area contributed by atoms with Crippen LogP contribution < -0.4 is 5.32 Å². The Morgan fingerprint density at radius 1 is 1.18 bits per heavy atom. The number of carbonyl (C=O) groups is 1. The lowest BCUT2D eigenvalue weighted by molar-refractivity contribution is -0.125. The third-order valence-electron chi connectivity index (χ3n) is 4.53. The van der Waals surface area contributed by atoms with E-state index in [1.54, 1.807) is 0 Å². The second-order valence-electron chi connectivity index (χ2n) is 6.38. The second-order valence-corrected chi connectivity index (χ2v) is 9.77. The Morgan fingerprint density at radius 3 is 2.59 bits per heavy atom. The first-order chi connectivity index (χ1) is 10.5. The lowest BCUT2D eigenvalue weighted by Crippen LogP contribution is -2.45. The fraction of sp³-hybridized carbons (Fsp3) is 0.933. The van der Waals surface area contributed by atoms with Crippen LogP contribution in [-0.4, -0.2) is 55.5 Å². The van der Waals surface area contributed by atoms with Gasteiger partial charge in [-0.15, -0.1) is 0 Å². The van der Waals surface area contributed by atoms with E-state index >= 15 is 0 Å². The molecule has 22 heavy (non-hydrogen) atoms. The number of piperidine rings is 1. The minimum absolute atomic E-state index is 0.0117. The van der Waals surface area contributed by atoms with Crippen LogP contribution in [0, 0.1) is 5.92 Å². The highest BCUT2D eigenvalue weighted by Gasteiger charge is 2.29. The third kappa shape index (κ3) is 5.74. The Hall–Kier alpha value is -0.270. The van der Waals surface area contributed by atoms with Gasteiger partial charge in [0.15, 0.2) is 0 Å². The zero-order valence-electron chi connectivity index (χ0n) is 13.4. The number of carbonyl (C=O) groups excluding carboxylic acids is 1. The van der Waals surface area contributed by atoms with Gasteiger partial charge >= 0.3 is 0 Å². The van der Waals surface area contributed by atoms with Crippen molar-refractivity contribution in [3.05, 3.63) is 0 Å². The molecule has 0 aromatic rings. The van der Waals surface area contributed by atoms with Crippen molar-refractivity contribution < 1.29 is 13.2 Å². The van der Waals surface area contributed by atoms with Crippen LogP contribution >= 0.6 is 11.8 Å². The SMILES string of the molecule is CS(=O)(=O)N1CCCC(C(=O)NCCSC2CCCCC2)C1. The molecule has 0 aromatic carbocycles. The van der Waals surface area contributed by atoms with E-state index in [2.05, 4.69) is 5.32 Å². The summed E-state index contributed by atoms with van der Waals surface area (Å²) in [6, 6.07) is 0. The molecular weight excluding hydrogens is 320 g/mol. The van der Waals surface area contributed by atoms with Gasteiger partial charge in [0.25, 0.3) is 0 Å². The number of rotatable bonds is 6. The highest BCUT2D eigenvalue weighted by atomic mass is 32.2. The summed E-state index contributed by atoms with van der Waals surface area (Å²) < 4.78 is 24.6. The van der Waals surface area contributed by atoms with Crippen LogP contribution in [0.4, 0.5) is 0 Å². The Morgan fingerprint density at radius 2 is 1.91 bits per heavy atom. The summed E-state index contributed by atoms with van der Waals surface area (Å²) in [5, 5.41) is 3.75. The van der Waals surface area contributed by atoms with Crippen LogP contribution in [-0.2, 0) is 14.8 Å². The van der Waals surface area contributed by atoms with Gasteiger partial charge in [-0.3, -0.25) is 4.79 Å². The summed E-state index contributed by atoms with van der Waals surface area (Å²) in [5.41, 5.74) is 0. The first-order valence-electron chi connectivity index (χ1n) is 8.31. The van der Waals surface area contributed by atoms with E-state index in [1.165, 1.54) is 42.7 Å². The van der Waals surface area contributed by atoms with Crippen LogP contribution in [0.25, 0.3) is 0 Å². The molecule has 1 heterocycles. The molecule has 0 spiro atoms. The number of nitrogens with zero attached hydrogens (tertiary/aromatic N) is 1. The molecule has 2 rings (SSSR count). The maximum Gasteiger partial charge on any atom is 0.224 e. The van der Waals surface area contributed by atoms with Crippen LogP contribution in [0.2, 0.25) is 0 Å². The average Bonchev–Trinajstić information content (AvgIpc) is 2.52. The van der Waals surface area contributed by atoms with E-state index in [4.69, 9.17) is 0 Å². The van der Waals surface area contributed by atoms with Crippen LogP contribution in [0.1, 0.15) is 44.9 Å². The van der Waals surface area contributed by atoms with Crippen molar-refractivity contribution in [1.29, 1.82) is 0 Å². The van der Waals surface area contributed by atoms with Crippen LogP contribution in [0.15, 0.2) is 0 Å². The number of sulfonamides is 1. The largest absolute Gasteiger partial charge is 0.355 e. The molecule has 2 aliphatic rings. The number of nitrogens with one attached hydrogen (secondary N) is 1. The number of amides is 1. The average molecular weight is 349 g/mol. The molecule has 1 aliphatic heterocycles. The molecule has 0 aromatic heterocycles. The first-order valence-corrected chi connectivity index (χ1v) is 11.2. The fourth-order valence-electron chi connectivity index (χ4n) is 3.23. The molecule has 1 aliphatic carbocycles. The molecule has 1 atom stereocenters. The molecule has 1 N–H and O–H groups in total. The van der Waals surface area contributed by atoms with Gasteiger partial charge in [0, 0.05) is 30.6 Å². The van der Waals surface area contributed by atoms with Gasteiger partial charge in [0.1, 0.15) is 0 Å². The predicted molar refractivity (Wildman–Crippen MR) is 91.5 cm³/mol. The Kier molecular flexibility index (Phi) is 7.02. The van der Waals surface area contributed by atoms with Gasteiger partial charge in [-0.1, -0.05) is 19.3 Å². The molecule has 1 amide bonds. The fourth-order valence-corrected chi connectivity index (χ4v) is 5.36. The van der Waals surface area contributed by atoms with Crippen molar-refractivity contribution in [1.82, 2.24) is 9.62 Å². The van der Waals surface area contributed by atoms with E-state index in [0.29, 0.717) is 19.6 Å². The summed E-state index contributed by atoms with van der Waals surface area (Å²) in [6.07, 6.45) is 9.44. The van der Waals surface area contributed by atoms with E-state index in [-0.39, 0.29) is 11.8 Å². The molecule has 0 bridgehead atoms. The van der Waals surface area contributed by atoms with Crippen LogP contribution in [0.3, 0.4) is 0 Å². The summed E-state index contributed by atoms with van der Waals surface area (Å²) in [4.78, 5) is 12.2. The summed E-state index contributed by atoms with van der Waals surface area (Å²) in [7, 11) is -3.18. The number of hydrogen-bond acceptors (Lipinski definition) is 4.